The molecule has 7 nitrogen and oxygen atoms in total. The largest absolute Gasteiger partial charge is 0.459 e. The number of halogens is 1. The van der Waals surface area contributed by atoms with Crippen LogP contribution >= 0.6 is 28.1 Å². The summed E-state index contributed by atoms with van der Waals surface area (Å²) in [7, 11) is 1.81. The van der Waals surface area contributed by atoms with E-state index in [1.807, 2.05) is 51.1 Å². The number of allylic oxidation sites excluding steroid dienone is 1. The van der Waals surface area contributed by atoms with Crippen LogP contribution in [0.1, 0.15) is 32.4 Å². The molecule has 1 unspecified atom stereocenters. The van der Waals surface area contributed by atoms with Crippen LogP contribution in [-0.4, -0.2) is 35.2 Å². The maximum atomic E-state index is 12.8. The maximum Gasteiger partial charge on any atom is 0.338 e. The third-order valence-electron chi connectivity index (χ3n) is 4.90. The number of ether oxygens (including phenoxy) is 1. The summed E-state index contributed by atoms with van der Waals surface area (Å²) in [5.41, 5.74) is 3.35. The van der Waals surface area contributed by atoms with Crippen LogP contribution in [0.5, 0.6) is 0 Å². The van der Waals surface area contributed by atoms with E-state index in [2.05, 4.69) is 31.9 Å². The normalized spacial score (nSPS) is 16.0. The van der Waals surface area contributed by atoms with Gasteiger partial charge in [0.25, 0.3) is 0 Å². The number of urea groups is 1. The molecule has 0 aromatic heterocycles. The average Bonchev–Trinajstić information content (AvgIpc) is 2.71. The van der Waals surface area contributed by atoms with E-state index in [0.29, 0.717) is 22.1 Å². The number of hydrogen-bond donors (Lipinski definition) is 3. The average molecular weight is 517 g/mol. The molecule has 0 bridgehead atoms. The van der Waals surface area contributed by atoms with E-state index in [1.165, 1.54) is 0 Å². The zero-order chi connectivity index (χ0) is 23.4. The molecule has 0 spiro atoms. The fourth-order valence-corrected chi connectivity index (χ4v) is 3.90. The third kappa shape index (κ3) is 5.66. The second kappa shape index (κ2) is 10.1. The number of hydrogen-bond acceptors (Lipinski definition) is 4. The Morgan fingerprint density at radius 1 is 1.12 bits per heavy atom. The molecule has 0 radical (unpaired) electrons. The van der Waals surface area contributed by atoms with Gasteiger partial charge in [-0.1, -0.05) is 34.1 Å². The van der Waals surface area contributed by atoms with Gasteiger partial charge in [-0.3, -0.25) is 0 Å². The summed E-state index contributed by atoms with van der Waals surface area (Å²) in [6.45, 7) is 5.47. The van der Waals surface area contributed by atoms with E-state index >= 15 is 0 Å². The van der Waals surface area contributed by atoms with Crippen molar-refractivity contribution in [2.75, 3.05) is 17.7 Å². The second-order valence-electron chi connectivity index (χ2n) is 7.61. The molecule has 3 N–H and O–H groups in total. The lowest BCUT2D eigenvalue weighted by atomic mass is 9.95. The van der Waals surface area contributed by atoms with Gasteiger partial charge in [-0.05, 0) is 68.9 Å². The highest BCUT2D eigenvalue weighted by atomic mass is 79.9. The summed E-state index contributed by atoms with van der Waals surface area (Å²) in [6, 6.07) is 13.8. The Morgan fingerprint density at radius 3 is 2.41 bits per heavy atom. The highest BCUT2D eigenvalue weighted by Crippen LogP contribution is 2.31. The number of carbonyl (C=O) groups excluding carboxylic acids is 2. The van der Waals surface area contributed by atoms with Gasteiger partial charge in [0.05, 0.1) is 17.7 Å². The molecule has 1 heterocycles. The van der Waals surface area contributed by atoms with Crippen molar-refractivity contribution in [3.05, 3.63) is 69.8 Å². The number of nitrogens with zero attached hydrogens (tertiary/aromatic N) is 1. The van der Waals surface area contributed by atoms with Gasteiger partial charge < -0.3 is 25.6 Å². The summed E-state index contributed by atoms with van der Waals surface area (Å²) in [5.74, 6) is -0.389. The van der Waals surface area contributed by atoms with E-state index in [0.717, 1.165) is 15.7 Å². The zero-order valence-corrected chi connectivity index (χ0v) is 20.6. The Kier molecular flexibility index (Phi) is 7.52. The highest BCUT2D eigenvalue weighted by molar-refractivity contribution is 9.10. The summed E-state index contributed by atoms with van der Waals surface area (Å²) in [6.07, 6.45) is -0.238. The molecule has 0 fully saturated rings. The summed E-state index contributed by atoms with van der Waals surface area (Å²) >= 11 is 8.80. The molecular formula is C23H25BrN4O3S. The van der Waals surface area contributed by atoms with Gasteiger partial charge in [-0.2, -0.15) is 0 Å². The highest BCUT2D eigenvalue weighted by Gasteiger charge is 2.33. The predicted molar refractivity (Wildman–Crippen MR) is 133 cm³/mol. The molecule has 1 atom stereocenters. The third-order valence-corrected chi connectivity index (χ3v) is 5.79. The molecule has 2 aromatic carbocycles. The number of rotatable bonds is 5. The molecule has 9 heteroatoms. The Hall–Kier alpha value is -2.91. The van der Waals surface area contributed by atoms with Crippen LogP contribution in [-0.2, 0) is 9.53 Å². The van der Waals surface area contributed by atoms with Gasteiger partial charge in [-0.15, -0.1) is 0 Å². The van der Waals surface area contributed by atoms with Crippen LogP contribution < -0.4 is 16.0 Å². The van der Waals surface area contributed by atoms with Gasteiger partial charge in [0, 0.05) is 28.6 Å². The molecule has 2 aromatic rings. The number of anilines is 2. The van der Waals surface area contributed by atoms with E-state index in [1.54, 1.807) is 30.1 Å². The Bertz CT molecular complexity index is 1070. The van der Waals surface area contributed by atoms with E-state index < -0.39 is 6.04 Å². The predicted octanol–water partition coefficient (Wildman–Crippen LogP) is 5.18. The Balaban J connectivity index is 1.78. The topological polar surface area (TPSA) is 82.7 Å². The number of esters is 1. The molecule has 1 aliphatic heterocycles. The van der Waals surface area contributed by atoms with Gasteiger partial charge in [-0.25, -0.2) is 9.59 Å². The van der Waals surface area contributed by atoms with Gasteiger partial charge in [0.2, 0.25) is 0 Å². The smallest absolute Gasteiger partial charge is 0.338 e. The van der Waals surface area contributed by atoms with E-state index in [-0.39, 0.29) is 18.1 Å². The SMILES string of the molecule is CC1=C(C(=O)OC(C)C)C(c2ccc(NC(=O)Nc3cccc(Br)c3)cc2)NC(=S)N1C. The number of thiocarbonyl (C=S) groups is 1. The summed E-state index contributed by atoms with van der Waals surface area (Å²) in [5, 5.41) is 9.31. The maximum absolute atomic E-state index is 12.8. The number of amides is 2. The molecule has 3 rings (SSSR count). The van der Waals surface area contributed by atoms with E-state index in [9.17, 15) is 9.59 Å². The fourth-order valence-electron chi connectivity index (χ4n) is 3.25. The van der Waals surface area contributed by atoms with Crippen molar-refractivity contribution >= 4 is 56.6 Å². The van der Waals surface area contributed by atoms with Crippen LogP contribution in [0, 0.1) is 0 Å². The van der Waals surface area contributed by atoms with Crippen molar-refractivity contribution in [1.29, 1.82) is 0 Å². The molecule has 2 amide bonds. The van der Waals surface area contributed by atoms with Gasteiger partial charge in [0.15, 0.2) is 5.11 Å². The van der Waals surface area contributed by atoms with Crippen LogP contribution in [0.3, 0.4) is 0 Å². The Labute approximate surface area is 201 Å². The molecule has 0 aliphatic carbocycles. The minimum absolute atomic E-state index is 0.238. The quantitative estimate of drug-likeness (QED) is 0.375. The van der Waals surface area contributed by atoms with Crippen molar-refractivity contribution in [3.8, 4) is 0 Å². The second-order valence-corrected chi connectivity index (χ2v) is 8.91. The first-order valence-electron chi connectivity index (χ1n) is 10.0. The first kappa shape index (κ1) is 23.7. The van der Waals surface area contributed by atoms with Crippen molar-refractivity contribution in [2.45, 2.75) is 32.9 Å². The summed E-state index contributed by atoms with van der Waals surface area (Å²) in [4.78, 5) is 26.9. The van der Waals surface area contributed by atoms with Crippen LogP contribution in [0.2, 0.25) is 0 Å². The van der Waals surface area contributed by atoms with Crippen LogP contribution in [0.4, 0.5) is 16.2 Å². The Morgan fingerprint density at radius 2 is 1.78 bits per heavy atom. The van der Waals surface area contributed by atoms with Crippen molar-refractivity contribution in [3.63, 3.8) is 0 Å². The molecule has 0 saturated heterocycles. The fraction of sp³-hybridized carbons (Fsp3) is 0.261. The summed E-state index contributed by atoms with van der Waals surface area (Å²) < 4.78 is 6.33. The monoisotopic (exact) mass is 516 g/mol. The first-order chi connectivity index (χ1) is 15.2. The molecule has 1 aliphatic rings. The minimum atomic E-state index is -0.450. The molecule has 0 saturated carbocycles. The van der Waals surface area contributed by atoms with Crippen LogP contribution in [0.25, 0.3) is 0 Å². The lowest BCUT2D eigenvalue weighted by Gasteiger charge is -2.35. The minimum Gasteiger partial charge on any atom is -0.459 e. The van der Waals surface area contributed by atoms with Crippen molar-refractivity contribution in [2.24, 2.45) is 0 Å². The zero-order valence-electron chi connectivity index (χ0n) is 18.2. The molecule has 32 heavy (non-hydrogen) atoms. The van der Waals surface area contributed by atoms with Crippen molar-refractivity contribution < 1.29 is 14.3 Å². The lowest BCUT2D eigenvalue weighted by Crippen LogP contribution is -2.46. The molecule has 168 valence electrons. The number of carbonyl (C=O) groups is 2. The van der Waals surface area contributed by atoms with E-state index in [4.69, 9.17) is 17.0 Å². The first-order valence-corrected chi connectivity index (χ1v) is 11.3. The number of nitrogens with one attached hydrogen (secondary N) is 3. The lowest BCUT2D eigenvalue weighted by molar-refractivity contribution is -0.143. The van der Waals surface area contributed by atoms with Gasteiger partial charge >= 0.3 is 12.0 Å². The standard InChI is InChI=1S/C23H25BrN4O3S/c1-13(2)31-21(29)19-14(3)28(4)23(32)27-20(19)15-8-10-17(11-9-15)25-22(30)26-18-7-5-6-16(24)12-18/h5-13,20H,1-4H3,(H,27,32)(H2,25,26,30). The van der Waals surface area contributed by atoms with Crippen LogP contribution in [0.15, 0.2) is 64.3 Å². The van der Waals surface area contributed by atoms with Crippen molar-refractivity contribution in [1.82, 2.24) is 10.2 Å². The molecular weight excluding hydrogens is 492 g/mol. The number of benzene rings is 2. The van der Waals surface area contributed by atoms with Gasteiger partial charge in [0.1, 0.15) is 0 Å².